The smallest absolute Gasteiger partial charge is 0.433 e. The van der Waals surface area contributed by atoms with Crippen molar-refractivity contribution in [2.75, 3.05) is 6.54 Å². The van der Waals surface area contributed by atoms with Gasteiger partial charge in [0.2, 0.25) is 0 Å². The van der Waals surface area contributed by atoms with E-state index in [4.69, 9.17) is 23.2 Å². The maximum absolute atomic E-state index is 14.5. The fourth-order valence-electron chi connectivity index (χ4n) is 5.86. The third-order valence-electron chi connectivity index (χ3n) is 7.82. The molecule has 1 unspecified atom stereocenters. The normalized spacial score (nSPS) is 22.5. The molecule has 2 saturated carbocycles. The molecule has 2 aromatic heterocycles. The highest BCUT2D eigenvalue weighted by Gasteiger charge is 2.45. The van der Waals surface area contributed by atoms with Crippen LogP contribution in [0, 0.1) is 11.8 Å². The van der Waals surface area contributed by atoms with Gasteiger partial charge in [0, 0.05) is 18.4 Å². The van der Waals surface area contributed by atoms with E-state index in [1.54, 1.807) is 6.92 Å². The molecular formula is C26H29Cl2F3N4O4. The van der Waals surface area contributed by atoms with E-state index in [0.717, 1.165) is 30.1 Å². The highest BCUT2D eigenvalue weighted by molar-refractivity contribution is 6.39. The number of hydrogen-bond acceptors (Lipinski definition) is 5. The van der Waals surface area contributed by atoms with E-state index < -0.39 is 59.6 Å². The lowest BCUT2D eigenvalue weighted by molar-refractivity contribution is -0.149. The van der Waals surface area contributed by atoms with Crippen LogP contribution in [0.2, 0.25) is 10.0 Å². The first-order valence-electron chi connectivity index (χ1n) is 12.9. The number of carboxylic acids is 1. The first-order valence-corrected chi connectivity index (χ1v) is 13.7. The summed E-state index contributed by atoms with van der Waals surface area (Å²) < 4.78 is 44.2. The van der Waals surface area contributed by atoms with Crippen molar-refractivity contribution >= 4 is 40.9 Å². The van der Waals surface area contributed by atoms with Crippen LogP contribution in [0.15, 0.2) is 18.6 Å². The van der Waals surface area contributed by atoms with E-state index in [1.165, 1.54) is 17.3 Å². The molecule has 0 bridgehead atoms. The van der Waals surface area contributed by atoms with Crippen LogP contribution in [0.25, 0.3) is 0 Å². The van der Waals surface area contributed by atoms with Crippen LogP contribution in [0.4, 0.5) is 13.2 Å². The summed E-state index contributed by atoms with van der Waals surface area (Å²) in [5.74, 6) is -3.53. The molecule has 2 aliphatic rings. The Labute approximate surface area is 233 Å². The molecule has 39 heavy (non-hydrogen) atoms. The molecule has 2 heterocycles. The summed E-state index contributed by atoms with van der Waals surface area (Å²) in [5.41, 5.74) is -1.87. The predicted molar refractivity (Wildman–Crippen MR) is 137 cm³/mol. The van der Waals surface area contributed by atoms with E-state index in [-0.39, 0.29) is 40.8 Å². The molecule has 3 atom stereocenters. The van der Waals surface area contributed by atoms with E-state index in [1.807, 2.05) is 0 Å². The third kappa shape index (κ3) is 6.24. The van der Waals surface area contributed by atoms with Gasteiger partial charge in [-0.2, -0.15) is 18.3 Å². The SMILES string of the molecule is CC1C[C@@H](n2ncc(C(=O)N(CC(=O)c3c(Cl)cncc3Cl)C3CCCCC3)c2C(F)(F)F)CC[C@@H]1C(=O)O. The number of Topliss-reactive ketones (excluding diaryl/α,β-unsaturated/α-hetero) is 1. The van der Waals surface area contributed by atoms with Crippen LogP contribution in [0.1, 0.15) is 90.7 Å². The van der Waals surface area contributed by atoms with Gasteiger partial charge in [0.1, 0.15) is 0 Å². The number of carbonyl (C=O) groups excluding carboxylic acids is 2. The van der Waals surface area contributed by atoms with Crippen LogP contribution >= 0.6 is 23.2 Å². The van der Waals surface area contributed by atoms with Crippen LogP contribution in [-0.4, -0.2) is 55.0 Å². The number of aliphatic carboxylic acids is 1. The molecule has 2 fully saturated rings. The summed E-state index contributed by atoms with van der Waals surface area (Å²) >= 11 is 12.3. The monoisotopic (exact) mass is 588 g/mol. The zero-order valence-electron chi connectivity index (χ0n) is 21.3. The van der Waals surface area contributed by atoms with Crippen molar-refractivity contribution in [2.45, 2.75) is 76.6 Å². The molecule has 4 rings (SSSR count). The summed E-state index contributed by atoms with van der Waals surface area (Å²) in [6.45, 7) is 1.19. The second-order valence-corrected chi connectivity index (χ2v) is 11.2. The second-order valence-electron chi connectivity index (χ2n) is 10.4. The lowest BCUT2D eigenvalue weighted by Crippen LogP contribution is -2.45. The zero-order chi connectivity index (χ0) is 28.5. The Hall–Kier alpha value is -2.66. The van der Waals surface area contributed by atoms with E-state index in [2.05, 4.69) is 10.1 Å². The molecule has 2 aromatic rings. The third-order valence-corrected chi connectivity index (χ3v) is 8.39. The molecule has 0 saturated heterocycles. The van der Waals surface area contributed by atoms with Crippen molar-refractivity contribution < 1.29 is 32.7 Å². The van der Waals surface area contributed by atoms with Gasteiger partial charge in [0.05, 0.1) is 45.9 Å². The Bertz CT molecular complexity index is 1230. The van der Waals surface area contributed by atoms with E-state index in [9.17, 15) is 32.7 Å². The lowest BCUT2D eigenvalue weighted by atomic mass is 9.78. The van der Waals surface area contributed by atoms with Crippen LogP contribution in [0.5, 0.6) is 0 Å². The number of amides is 1. The standard InChI is InChI=1S/C26H29Cl2F3N4O4/c1-14-9-16(7-8-17(14)25(38)39)35-23(26(29,30)31)18(10-33-35)24(37)34(15-5-3-2-4-6-15)13-21(36)22-19(27)11-32-12-20(22)28/h10-12,14-17H,2-9,13H2,1H3,(H,38,39)/t14?,16-,17-/m0/s1. The summed E-state index contributed by atoms with van der Waals surface area (Å²) in [4.78, 5) is 43.6. The Morgan fingerprint density at radius 3 is 2.26 bits per heavy atom. The molecule has 2 aliphatic carbocycles. The molecule has 0 spiro atoms. The molecule has 212 valence electrons. The molecule has 1 amide bonds. The first-order chi connectivity index (χ1) is 18.4. The number of carboxylic acid groups (broad SMARTS) is 1. The number of nitrogens with zero attached hydrogens (tertiary/aromatic N) is 4. The maximum atomic E-state index is 14.5. The number of alkyl halides is 3. The Balaban J connectivity index is 1.69. The number of carbonyl (C=O) groups is 3. The number of ketones is 1. The molecule has 0 aromatic carbocycles. The van der Waals surface area contributed by atoms with Gasteiger partial charge in [-0.3, -0.25) is 24.0 Å². The lowest BCUT2D eigenvalue weighted by Gasteiger charge is -2.35. The zero-order valence-corrected chi connectivity index (χ0v) is 22.8. The molecular weight excluding hydrogens is 560 g/mol. The summed E-state index contributed by atoms with van der Waals surface area (Å²) in [7, 11) is 0. The highest BCUT2D eigenvalue weighted by atomic mass is 35.5. The first kappa shape index (κ1) is 29.3. The summed E-state index contributed by atoms with van der Waals surface area (Å²) in [6, 6.07) is -1.15. The van der Waals surface area contributed by atoms with Crippen molar-refractivity contribution in [3.8, 4) is 0 Å². The Morgan fingerprint density at radius 2 is 1.69 bits per heavy atom. The molecule has 1 N–H and O–H groups in total. The van der Waals surface area contributed by atoms with Gasteiger partial charge in [0.15, 0.2) is 11.5 Å². The minimum absolute atomic E-state index is 0.0153. The summed E-state index contributed by atoms with van der Waals surface area (Å²) in [6.07, 6.45) is 2.60. The van der Waals surface area contributed by atoms with Crippen LogP contribution in [-0.2, 0) is 11.0 Å². The second kappa shape index (κ2) is 11.8. The molecule has 13 heteroatoms. The van der Waals surface area contributed by atoms with Crippen molar-refractivity contribution in [2.24, 2.45) is 11.8 Å². The van der Waals surface area contributed by atoms with Gasteiger partial charge in [-0.15, -0.1) is 0 Å². The predicted octanol–water partition coefficient (Wildman–Crippen LogP) is 6.32. The van der Waals surface area contributed by atoms with E-state index in [0.29, 0.717) is 12.8 Å². The summed E-state index contributed by atoms with van der Waals surface area (Å²) in [5, 5.41) is 13.4. The minimum Gasteiger partial charge on any atom is -0.481 e. The van der Waals surface area contributed by atoms with Crippen molar-refractivity contribution in [3.05, 3.63) is 45.5 Å². The van der Waals surface area contributed by atoms with Crippen LogP contribution < -0.4 is 0 Å². The van der Waals surface area contributed by atoms with Gasteiger partial charge in [-0.1, -0.05) is 49.4 Å². The number of halogens is 5. The fraction of sp³-hybridized carbons (Fsp3) is 0.577. The Morgan fingerprint density at radius 1 is 1.05 bits per heavy atom. The van der Waals surface area contributed by atoms with Gasteiger partial charge in [-0.25, -0.2) is 0 Å². The number of aromatic nitrogens is 3. The van der Waals surface area contributed by atoms with E-state index >= 15 is 0 Å². The van der Waals surface area contributed by atoms with Gasteiger partial charge in [-0.05, 0) is 38.0 Å². The number of rotatable bonds is 7. The Kier molecular flexibility index (Phi) is 8.90. The van der Waals surface area contributed by atoms with Gasteiger partial charge < -0.3 is 10.0 Å². The van der Waals surface area contributed by atoms with Gasteiger partial charge >= 0.3 is 12.1 Å². The largest absolute Gasteiger partial charge is 0.481 e. The van der Waals surface area contributed by atoms with Gasteiger partial charge in [0.25, 0.3) is 5.91 Å². The minimum atomic E-state index is -4.91. The van der Waals surface area contributed by atoms with Crippen molar-refractivity contribution in [1.82, 2.24) is 19.7 Å². The molecule has 8 nitrogen and oxygen atoms in total. The average molecular weight is 589 g/mol. The van der Waals surface area contributed by atoms with Crippen molar-refractivity contribution in [1.29, 1.82) is 0 Å². The maximum Gasteiger partial charge on any atom is 0.433 e. The highest BCUT2D eigenvalue weighted by Crippen LogP contribution is 2.41. The molecule has 0 aliphatic heterocycles. The quantitative estimate of drug-likeness (QED) is 0.379. The van der Waals surface area contributed by atoms with Crippen molar-refractivity contribution in [3.63, 3.8) is 0 Å². The number of hydrogen-bond donors (Lipinski definition) is 1. The number of pyridine rings is 1. The average Bonchev–Trinajstić information content (AvgIpc) is 3.33. The van der Waals surface area contributed by atoms with Crippen LogP contribution in [0.3, 0.4) is 0 Å². The fourth-order valence-corrected chi connectivity index (χ4v) is 6.44. The topological polar surface area (TPSA) is 105 Å². The molecule has 0 radical (unpaired) electrons.